The topological polar surface area (TPSA) is 8.17 Å². The van der Waals surface area contributed by atoms with Gasteiger partial charge < -0.3 is 9.47 Å². The Morgan fingerprint density at radius 3 is 1.69 bits per heavy atom. The lowest BCUT2D eigenvalue weighted by atomic mass is 9.91. The van der Waals surface area contributed by atoms with Crippen LogP contribution < -0.4 is 4.90 Å². The second-order valence-electron chi connectivity index (χ2n) is 15.3. The molecule has 10 aromatic carbocycles. The van der Waals surface area contributed by atoms with Gasteiger partial charge in [0.15, 0.2) is 0 Å². The van der Waals surface area contributed by atoms with Gasteiger partial charge in [-0.2, -0.15) is 0 Å². The van der Waals surface area contributed by atoms with Crippen LogP contribution >= 0.6 is 11.3 Å². The van der Waals surface area contributed by atoms with Crippen molar-refractivity contribution in [2.24, 2.45) is 0 Å². The average Bonchev–Trinajstić information content (AvgIpc) is 3.85. The summed E-state index contributed by atoms with van der Waals surface area (Å²) in [5.74, 6) is 0. The molecule has 12 rings (SSSR count). The number of nitrogens with zero attached hydrogens (tertiary/aromatic N) is 2. The number of hydrogen-bond acceptors (Lipinski definition) is 2. The molecule has 0 aliphatic rings. The summed E-state index contributed by atoms with van der Waals surface area (Å²) in [5.41, 5.74) is 11.6. The van der Waals surface area contributed by atoms with Crippen LogP contribution in [0.15, 0.2) is 218 Å². The largest absolute Gasteiger partial charge is 0.310 e. The summed E-state index contributed by atoms with van der Waals surface area (Å²) in [6.07, 6.45) is 0. The summed E-state index contributed by atoms with van der Waals surface area (Å²) >= 11 is 1.86. The van der Waals surface area contributed by atoms with Gasteiger partial charge in [0.1, 0.15) is 0 Å². The van der Waals surface area contributed by atoms with Crippen molar-refractivity contribution in [2.45, 2.75) is 0 Å². The van der Waals surface area contributed by atoms with Crippen molar-refractivity contribution in [3.05, 3.63) is 218 Å². The number of para-hydroxylation sites is 2. The van der Waals surface area contributed by atoms with Crippen LogP contribution in [0.3, 0.4) is 0 Å². The minimum Gasteiger partial charge on any atom is -0.310 e. The number of thiophene rings is 1. The molecule has 3 heteroatoms. The van der Waals surface area contributed by atoms with Gasteiger partial charge in [-0.3, -0.25) is 0 Å². The molecule has 0 bridgehead atoms. The summed E-state index contributed by atoms with van der Waals surface area (Å²) < 4.78 is 4.97. The smallest absolute Gasteiger partial charge is 0.0546 e. The summed E-state index contributed by atoms with van der Waals surface area (Å²) in [5, 5.41) is 10.1. The first-order chi connectivity index (χ1) is 29.3. The Kier molecular flexibility index (Phi) is 7.75. The van der Waals surface area contributed by atoms with E-state index in [1.807, 2.05) is 11.3 Å². The quantitative estimate of drug-likeness (QED) is 0.153. The second-order valence-corrected chi connectivity index (χ2v) is 16.4. The molecule has 2 aromatic heterocycles. The molecule has 59 heavy (non-hydrogen) atoms. The molecule has 2 heterocycles. The summed E-state index contributed by atoms with van der Waals surface area (Å²) in [6, 6.07) is 80.1. The Morgan fingerprint density at radius 1 is 0.339 bits per heavy atom. The molecule has 0 saturated carbocycles. The third kappa shape index (κ3) is 5.47. The number of aromatic nitrogens is 1. The van der Waals surface area contributed by atoms with Gasteiger partial charge >= 0.3 is 0 Å². The molecule has 0 fully saturated rings. The van der Waals surface area contributed by atoms with Crippen molar-refractivity contribution in [3.63, 3.8) is 0 Å². The molecule has 0 saturated heterocycles. The standard InChI is InChI=1S/C56H36N2S/c1-2-14-37(15-3-1)44-32-26-39(51-34-38-16-4-5-17-43(38)45-18-6-7-19-46(45)51)35-54(44)57(42-31-33-50-49-22-10-13-25-55(49)59-56(50)36-42)40-27-29-41(30-28-40)58-52-23-11-8-20-47(52)48-21-9-12-24-53(48)58/h1-36H. The van der Waals surface area contributed by atoms with Crippen LogP contribution in [0.1, 0.15) is 0 Å². The molecule has 0 N–H and O–H groups in total. The second kappa shape index (κ2) is 13.6. The summed E-state index contributed by atoms with van der Waals surface area (Å²) in [4.78, 5) is 2.47. The van der Waals surface area contributed by atoms with Crippen LogP contribution in [0.25, 0.3) is 91.5 Å². The maximum atomic E-state index is 2.47. The van der Waals surface area contributed by atoms with Gasteiger partial charge in [-0.05, 0) is 105 Å². The number of rotatable bonds is 6. The first-order valence-corrected chi connectivity index (χ1v) is 21.0. The zero-order chi connectivity index (χ0) is 38.9. The van der Waals surface area contributed by atoms with E-state index in [1.165, 1.54) is 85.8 Å². The van der Waals surface area contributed by atoms with Crippen LogP contribution in [0.2, 0.25) is 0 Å². The highest BCUT2D eigenvalue weighted by molar-refractivity contribution is 7.25. The van der Waals surface area contributed by atoms with Crippen molar-refractivity contribution >= 4 is 91.9 Å². The molecule has 0 spiro atoms. The lowest BCUT2D eigenvalue weighted by Crippen LogP contribution is -2.11. The maximum absolute atomic E-state index is 2.47. The van der Waals surface area contributed by atoms with E-state index in [1.54, 1.807) is 0 Å². The van der Waals surface area contributed by atoms with E-state index in [0.29, 0.717) is 0 Å². The van der Waals surface area contributed by atoms with Crippen LogP contribution in [-0.2, 0) is 0 Å². The lowest BCUT2D eigenvalue weighted by molar-refractivity contribution is 1.17. The molecule has 0 unspecified atom stereocenters. The van der Waals surface area contributed by atoms with Crippen LogP contribution in [0.4, 0.5) is 17.1 Å². The Morgan fingerprint density at radius 2 is 0.932 bits per heavy atom. The SMILES string of the molecule is c1ccc(-c2ccc(-c3cc4ccccc4c4ccccc34)cc2N(c2ccc(-n3c4ccccc4c4ccccc43)cc2)c2ccc3c(c2)sc2ccccc23)cc1. The minimum absolute atomic E-state index is 1.09. The Hall–Kier alpha value is -7.46. The van der Waals surface area contributed by atoms with Crippen molar-refractivity contribution < 1.29 is 0 Å². The first-order valence-electron chi connectivity index (χ1n) is 20.2. The zero-order valence-electron chi connectivity index (χ0n) is 32.1. The highest BCUT2D eigenvalue weighted by atomic mass is 32.1. The predicted octanol–water partition coefficient (Wildman–Crippen LogP) is 16.3. The molecular weight excluding hydrogens is 733 g/mol. The van der Waals surface area contributed by atoms with E-state index in [2.05, 4.69) is 228 Å². The molecule has 0 aliphatic heterocycles. The Bertz CT molecular complexity index is 3500. The average molecular weight is 769 g/mol. The van der Waals surface area contributed by atoms with Crippen LogP contribution in [0.5, 0.6) is 0 Å². The molecule has 2 nitrogen and oxygen atoms in total. The maximum Gasteiger partial charge on any atom is 0.0546 e. The zero-order valence-corrected chi connectivity index (χ0v) is 32.9. The molecular formula is C56H36N2S. The van der Waals surface area contributed by atoms with Gasteiger partial charge in [0.05, 0.1) is 16.7 Å². The van der Waals surface area contributed by atoms with Crippen LogP contribution in [-0.4, -0.2) is 4.57 Å². The van der Waals surface area contributed by atoms with Crippen molar-refractivity contribution in [1.29, 1.82) is 0 Å². The molecule has 0 amide bonds. The third-order valence-electron chi connectivity index (χ3n) is 12.0. The van der Waals surface area contributed by atoms with E-state index in [-0.39, 0.29) is 0 Å². The highest BCUT2D eigenvalue weighted by Gasteiger charge is 2.21. The summed E-state index contributed by atoms with van der Waals surface area (Å²) in [7, 11) is 0. The van der Waals surface area contributed by atoms with E-state index in [9.17, 15) is 0 Å². The fourth-order valence-corrected chi connectivity index (χ4v) is 10.4. The van der Waals surface area contributed by atoms with Gasteiger partial charge in [-0.1, -0.05) is 152 Å². The van der Waals surface area contributed by atoms with E-state index >= 15 is 0 Å². The fourth-order valence-electron chi connectivity index (χ4n) is 9.27. The van der Waals surface area contributed by atoms with Crippen LogP contribution in [0, 0.1) is 0 Å². The van der Waals surface area contributed by atoms with E-state index < -0.39 is 0 Å². The number of hydrogen-bond donors (Lipinski definition) is 0. The van der Waals surface area contributed by atoms with Gasteiger partial charge in [0, 0.05) is 53.6 Å². The lowest BCUT2D eigenvalue weighted by Gasteiger charge is -2.29. The van der Waals surface area contributed by atoms with Gasteiger partial charge in [-0.25, -0.2) is 0 Å². The third-order valence-corrected chi connectivity index (χ3v) is 13.1. The Balaban J connectivity index is 1.11. The highest BCUT2D eigenvalue weighted by Crippen LogP contribution is 2.46. The minimum atomic E-state index is 1.09. The van der Waals surface area contributed by atoms with Gasteiger partial charge in [-0.15, -0.1) is 11.3 Å². The van der Waals surface area contributed by atoms with Gasteiger partial charge in [0.2, 0.25) is 0 Å². The predicted molar refractivity (Wildman–Crippen MR) is 254 cm³/mol. The van der Waals surface area contributed by atoms with E-state index in [0.717, 1.165) is 22.7 Å². The van der Waals surface area contributed by atoms with Crippen molar-refractivity contribution in [1.82, 2.24) is 4.57 Å². The first kappa shape index (κ1) is 33.7. The summed E-state index contributed by atoms with van der Waals surface area (Å²) in [6.45, 7) is 0. The van der Waals surface area contributed by atoms with E-state index in [4.69, 9.17) is 0 Å². The number of fused-ring (bicyclic) bond motifs is 9. The fraction of sp³-hybridized carbons (Fsp3) is 0. The Labute approximate surface area is 346 Å². The monoisotopic (exact) mass is 768 g/mol. The van der Waals surface area contributed by atoms with Crippen molar-refractivity contribution in [3.8, 4) is 27.9 Å². The molecule has 12 aromatic rings. The molecule has 0 atom stereocenters. The van der Waals surface area contributed by atoms with Crippen molar-refractivity contribution in [2.75, 3.05) is 4.90 Å². The number of benzene rings is 10. The van der Waals surface area contributed by atoms with Gasteiger partial charge in [0.25, 0.3) is 0 Å². The number of anilines is 3. The molecule has 276 valence electrons. The molecule has 0 radical (unpaired) electrons. The molecule has 0 aliphatic carbocycles. The normalized spacial score (nSPS) is 11.7.